The Morgan fingerprint density at radius 2 is 1.92 bits per heavy atom. The number of fused-ring (bicyclic) bond motifs is 1. The van der Waals surface area contributed by atoms with Gasteiger partial charge in [-0.3, -0.25) is 4.98 Å². The summed E-state index contributed by atoms with van der Waals surface area (Å²) in [6, 6.07) is 3.64. The number of hydrogen-bond donors (Lipinski definition) is 1. The van der Waals surface area contributed by atoms with Crippen molar-refractivity contribution in [3.8, 4) is 0 Å². The number of aromatic nitrogens is 2. The van der Waals surface area contributed by atoms with E-state index in [-0.39, 0.29) is 10.9 Å². The molecule has 8 heteroatoms. The predicted molar refractivity (Wildman–Crippen MR) is 106 cm³/mol. The van der Waals surface area contributed by atoms with Crippen molar-refractivity contribution in [2.75, 3.05) is 32.2 Å². The first kappa shape index (κ1) is 19.3. The second-order valence-corrected chi connectivity index (χ2v) is 9.77. The average Bonchev–Trinajstić information content (AvgIpc) is 2.55. The molecule has 0 spiro atoms. The van der Waals surface area contributed by atoms with E-state index in [2.05, 4.69) is 34.3 Å². The Kier molecular flexibility index (Phi) is 5.69. The fourth-order valence-electron chi connectivity index (χ4n) is 3.66. The van der Waals surface area contributed by atoms with Crippen molar-refractivity contribution < 1.29 is 8.42 Å². The summed E-state index contributed by atoms with van der Waals surface area (Å²) in [6.45, 7) is 1.09. The molecule has 1 aliphatic carbocycles. The molecule has 0 aromatic carbocycles. The van der Waals surface area contributed by atoms with Gasteiger partial charge >= 0.3 is 0 Å². The van der Waals surface area contributed by atoms with Crippen LogP contribution in [0.3, 0.4) is 0 Å². The minimum atomic E-state index is -3.43. The van der Waals surface area contributed by atoms with E-state index in [0.29, 0.717) is 27.8 Å². The highest BCUT2D eigenvalue weighted by Crippen LogP contribution is 2.33. The van der Waals surface area contributed by atoms with E-state index in [1.807, 2.05) is 0 Å². The molecule has 2 aromatic heterocycles. The maximum absolute atomic E-state index is 12.3. The van der Waals surface area contributed by atoms with Crippen LogP contribution in [0.15, 0.2) is 23.2 Å². The van der Waals surface area contributed by atoms with E-state index < -0.39 is 9.84 Å². The van der Waals surface area contributed by atoms with Crippen LogP contribution in [0.1, 0.15) is 25.7 Å². The number of pyridine rings is 2. The van der Waals surface area contributed by atoms with Gasteiger partial charge in [-0.25, -0.2) is 13.4 Å². The van der Waals surface area contributed by atoms with E-state index in [4.69, 9.17) is 11.6 Å². The van der Waals surface area contributed by atoms with Crippen molar-refractivity contribution in [2.45, 2.75) is 36.6 Å². The molecule has 2 aromatic rings. The van der Waals surface area contributed by atoms with E-state index >= 15 is 0 Å². The standard InChI is InChI=1S/C18H25ClN4O2S/c1-23(2)11-12-4-6-13(7-5-12)21-18-15(26(3,24)25)10-20-14-8-9-16(19)22-17(14)18/h8-10,12-13H,4-7,11H2,1-3H3,(H,20,21). The minimum Gasteiger partial charge on any atom is -0.379 e. The molecule has 1 N–H and O–H groups in total. The van der Waals surface area contributed by atoms with Gasteiger partial charge in [0, 0.05) is 25.0 Å². The van der Waals surface area contributed by atoms with E-state index in [1.54, 1.807) is 12.1 Å². The van der Waals surface area contributed by atoms with Crippen molar-refractivity contribution in [3.05, 3.63) is 23.5 Å². The molecule has 6 nitrogen and oxygen atoms in total. The fraction of sp³-hybridized carbons (Fsp3) is 0.556. The Hall–Kier alpha value is -1.44. The molecule has 0 unspecified atom stereocenters. The largest absolute Gasteiger partial charge is 0.379 e. The first-order valence-electron chi connectivity index (χ1n) is 8.80. The van der Waals surface area contributed by atoms with Gasteiger partial charge in [-0.2, -0.15) is 0 Å². The van der Waals surface area contributed by atoms with Crippen LogP contribution in [0.4, 0.5) is 5.69 Å². The molecule has 1 fully saturated rings. The van der Waals surface area contributed by atoms with Crippen LogP contribution in [-0.2, 0) is 9.84 Å². The average molecular weight is 397 g/mol. The molecular weight excluding hydrogens is 372 g/mol. The number of anilines is 1. The smallest absolute Gasteiger partial charge is 0.179 e. The third-order valence-corrected chi connectivity index (χ3v) is 6.18. The van der Waals surface area contributed by atoms with Crippen LogP contribution in [-0.4, -0.2) is 56.2 Å². The molecular formula is C18H25ClN4O2S. The summed E-state index contributed by atoms with van der Waals surface area (Å²) in [5.74, 6) is 0.694. The highest BCUT2D eigenvalue weighted by Gasteiger charge is 2.25. The van der Waals surface area contributed by atoms with Crippen LogP contribution < -0.4 is 5.32 Å². The number of halogens is 1. The summed E-state index contributed by atoms with van der Waals surface area (Å²) in [6.07, 6.45) is 6.87. The molecule has 0 radical (unpaired) electrons. The third-order valence-electron chi connectivity index (χ3n) is 4.86. The van der Waals surface area contributed by atoms with Gasteiger partial charge in [0.2, 0.25) is 0 Å². The van der Waals surface area contributed by atoms with E-state index in [0.717, 1.165) is 32.2 Å². The van der Waals surface area contributed by atoms with Gasteiger partial charge in [0.1, 0.15) is 15.6 Å². The molecule has 142 valence electrons. The lowest BCUT2D eigenvalue weighted by molar-refractivity contribution is 0.255. The highest BCUT2D eigenvalue weighted by molar-refractivity contribution is 7.90. The van der Waals surface area contributed by atoms with Crippen LogP contribution in [0, 0.1) is 5.92 Å². The number of nitrogens with zero attached hydrogens (tertiary/aromatic N) is 3. The highest BCUT2D eigenvalue weighted by atomic mass is 35.5. The lowest BCUT2D eigenvalue weighted by atomic mass is 9.85. The molecule has 0 atom stereocenters. The maximum atomic E-state index is 12.3. The Labute approximate surface area is 159 Å². The van der Waals surface area contributed by atoms with E-state index in [1.165, 1.54) is 12.5 Å². The summed E-state index contributed by atoms with van der Waals surface area (Å²) < 4.78 is 24.5. The van der Waals surface area contributed by atoms with Crippen molar-refractivity contribution >= 4 is 38.2 Å². The van der Waals surface area contributed by atoms with Crippen LogP contribution in [0.25, 0.3) is 11.0 Å². The molecule has 1 aliphatic rings. The molecule has 0 saturated heterocycles. The number of nitrogens with one attached hydrogen (secondary N) is 1. The van der Waals surface area contributed by atoms with Gasteiger partial charge in [0.25, 0.3) is 0 Å². The topological polar surface area (TPSA) is 75.2 Å². The Morgan fingerprint density at radius 1 is 1.23 bits per heavy atom. The molecule has 0 amide bonds. The Bertz CT molecular complexity index is 893. The molecule has 26 heavy (non-hydrogen) atoms. The van der Waals surface area contributed by atoms with Crippen molar-refractivity contribution in [1.82, 2.24) is 14.9 Å². The molecule has 2 heterocycles. The van der Waals surface area contributed by atoms with Gasteiger partial charge in [-0.1, -0.05) is 11.6 Å². The van der Waals surface area contributed by atoms with Gasteiger partial charge in [-0.05, 0) is 57.8 Å². The zero-order chi connectivity index (χ0) is 18.9. The lowest BCUT2D eigenvalue weighted by Crippen LogP contribution is -2.31. The normalized spacial score (nSPS) is 21.3. The van der Waals surface area contributed by atoms with E-state index in [9.17, 15) is 8.42 Å². The van der Waals surface area contributed by atoms with Crippen LogP contribution in [0.5, 0.6) is 0 Å². The second kappa shape index (κ2) is 7.66. The maximum Gasteiger partial charge on any atom is 0.179 e. The quantitative estimate of drug-likeness (QED) is 0.782. The Morgan fingerprint density at radius 3 is 2.54 bits per heavy atom. The molecule has 3 rings (SSSR count). The SMILES string of the molecule is CN(C)CC1CCC(Nc2c(S(C)(=O)=O)cnc3ccc(Cl)nc23)CC1. The zero-order valence-electron chi connectivity index (χ0n) is 15.4. The molecule has 1 saturated carbocycles. The summed E-state index contributed by atoms with van der Waals surface area (Å²) >= 11 is 6.05. The molecule has 0 bridgehead atoms. The zero-order valence-corrected chi connectivity index (χ0v) is 16.9. The van der Waals surface area contributed by atoms with Gasteiger partial charge in [0.15, 0.2) is 9.84 Å². The summed E-state index contributed by atoms with van der Waals surface area (Å²) in [5.41, 5.74) is 1.66. The minimum absolute atomic E-state index is 0.176. The van der Waals surface area contributed by atoms with Gasteiger partial charge in [0.05, 0.1) is 11.2 Å². The first-order valence-corrected chi connectivity index (χ1v) is 11.1. The van der Waals surface area contributed by atoms with Crippen LogP contribution >= 0.6 is 11.6 Å². The van der Waals surface area contributed by atoms with Crippen molar-refractivity contribution in [1.29, 1.82) is 0 Å². The van der Waals surface area contributed by atoms with Gasteiger partial charge in [-0.15, -0.1) is 0 Å². The lowest BCUT2D eigenvalue weighted by Gasteiger charge is -2.31. The third kappa shape index (κ3) is 4.45. The van der Waals surface area contributed by atoms with Crippen molar-refractivity contribution in [2.24, 2.45) is 5.92 Å². The summed E-state index contributed by atoms with van der Waals surface area (Å²) in [5, 5.41) is 3.77. The number of rotatable bonds is 5. The second-order valence-electron chi connectivity index (χ2n) is 7.40. The Balaban J connectivity index is 1.90. The number of sulfone groups is 1. The summed E-state index contributed by atoms with van der Waals surface area (Å²) in [4.78, 5) is 11.0. The van der Waals surface area contributed by atoms with Crippen molar-refractivity contribution in [3.63, 3.8) is 0 Å². The van der Waals surface area contributed by atoms with Crippen LogP contribution in [0.2, 0.25) is 5.15 Å². The predicted octanol–water partition coefficient (Wildman–Crippen LogP) is 3.22. The fourth-order valence-corrected chi connectivity index (χ4v) is 4.57. The molecule has 0 aliphatic heterocycles. The summed E-state index contributed by atoms with van der Waals surface area (Å²) in [7, 11) is 0.767. The first-order chi connectivity index (χ1) is 12.2. The van der Waals surface area contributed by atoms with Gasteiger partial charge < -0.3 is 10.2 Å². The monoisotopic (exact) mass is 396 g/mol. The number of hydrogen-bond acceptors (Lipinski definition) is 6.